The van der Waals surface area contributed by atoms with Crippen molar-refractivity contribution in [1.29, 1.82) is 0 Å². The highest BCUT2D eigenvalue weighted by atomic mass is 35.5. The zero-order valence-electron chi connectivity index (χ0n) is 10.9. The molecule has 3 atom stereocenters. The van der Waals surface area contributed by atoms with Crippen LogP contribution in [0.4, 0.5) is 0 Å². The molecule has 1 saturated carbocycles. The van der Waals surface area contributed by atoms with E-state index in [1.807, 2.05) is 12.1 Å². The molecule has 0 amide bonds. The summed E-state index contributed by atoms with van der Waals surface area (Å²) in [7, 11) is 0. The number of rotatable bonds is 4. The molecule has 0 spiro atoms. The van der Waals surface area contributed by atoms with Gasteiger partial charge in [0.2, 0.25) is 0 Å². The summed E-state index contributed by atoms with van der Waals surface area (Å²) in [6.45, 7) is 3.07. The Morgan fingerprint density at radius 2 is 2.06 bits per heavy atom. The summed E-state index contributed by atoms with van der Waals surface area (Å²) < 4.78 is 0. The van der Waals surface area contributed by atoms with Crippen LogP contribution < -0.4 is 5.73 Å². The first-order chi connectivity index (χ1) is 8.69. The van der Waals surface area contributed by atoms with Crippen LogP contribution in [-0.4, -0.2) is 11.8 Å². The molecule has 0 bridgehead atoms. The van der Waals surface area contributed by atoms with Gasteiger partial charge in [-0.25, -0.2) is 0 Å². The SMILES string of the molecule is CC1CCCC(SC(CN)c2ccc(Cl)cc2)C1. The Morgan fingerprint density at radius 1 is 1.33 bits per heavy atom. The highest BCUT2D eigenvalue weighted by Crippen LogP contribution is 2.39. The molecule has 0 aromatic heterocycles. The Balaban J connectivity index is 1.98. The van der Waals surface area contributed by atoms with E-state index in [2.05, 4.69) is 30.8 Å². The molecule has 0 saturated heterocycles. The first-order valence-electron chi connectivity index (χ1n) is 6.80. The molecular weight excluding hydrogens is 262 g/mol. The lowest BCUT2D eigenvalue weighted by Gasteiger charge is -2.29. The number of benzene rings is 1. The fraction of sp³-hybridized carbons (Fsp3) is 0.600. The molecule has 1 aromatic carbocycles. The van der Waals surface area contributed by atoms with Crippen molar-refractivity contribution in [2.75, 3.05) is 6.54 Å². The van der Waals surface area contributed by atoms with Gasteiger partial charge in [0, 0.05) is 22.1 Å². The molecule has 1 nitrogen and oxygen atoms in total. The van der Waals surface area contributed by atoms with Crippen LogP contribution in [0.25, 0.3) is 0 Å². The van der Waals surface area contributed by atoms with Crippen LogP contribution in [0.1, 0.15) is 43.4 Å². The Kier molecular flexibility index (Phi) is 5.40. The molecule has 2 rings (SSSR count). The molecular formula is C15H22ClNS. The maximum absolute atomic E-state index is 5.94. The van der Waals surface area contributed by atoms with E-state index < -0.39 is 0 Å². The van der Waals surface area contributed by atoms with E-state index in [9.17, 15) is 0 Å². The standard InChI is InChI=1S/C15H22ClNS/c1-11-3-2-4-14(9-11)18-15(10-17)12-5-7-13(16)8-6-12/h5-8,11,14-15H,2-4,9-10,17H2,1H3. The summed E-state index contributed by atoms with van der Waals surface area (Å²) in [5.41, 5.74) is 7.25. The lowest BCUT2D eigenvalue weighted by molar-refractivity contribution is 0.393. The minimum absolute atomic E-state index is 0.414. The average molecular weight is 284 g/mol. The number of hydrogen-bond donors (Lipinski definition) is 1. The highest BCUT2D eigenvalue weighted by molar-refractivity contribution is 8.00. The molecule has 3 unspecified atom stereocenters. The summed E-state index contributed by atoms with van der Waals surface area (Å²) in [5, 5.41) is 1.99. The van der Waals surface area contributed by atoms with E-state index in [0.29, 0.717) is 11.8 Å². The maximum Gasteiger partial charge on any atom is 0.0422 e. The molecule has 3 heteroatoms. The van der Waals surface area contributed by atoms with Gasteiger partial charge in [-0.3, -0.25) is 0 Å². The van der Waals surface area contributed by atoms with Crippen molar-refractivity contribution in [3.63, 3.8) is 0 Å². The molecule has 1 aromatic rings. The van der Waals surface area contributed by atoms with Gasteiger partial charge >= 0.3 is 0 Å². The molecule has 1 fully saturated rings. The first kappa shape index (κ1) is 14.2. The average Bonchev–Trinajstić information content (AvgIpc) is 2.37. The largest absolute Gasteiger partial charge is 0.329 e. The van der Waals surface area contributed by atoms with Crippen LogP contribution in [0.3, 0.4) is 0 Å². The summed E-state index contributed by atoms with van der Waals surface area (Å²) in [6, 6.07) is 8.14. The number of halogens is 1. The molecule has 0 aliphatic heterocycles. The van der Waals surface area contributed by atoms with Gasteiger partial charge in [0.15, 0.2) is 0 Å². The Labute approximate surface area is 119 Å². The van der Waals surface area contributed by atoms with Gasteiger partial charge in [-0.15, -0.1) is 11.8 Å². The second-order valence-corrected chi connectivity index (χ2v) is 7.25. The lowest BCUT2D eigenvalue weighted by atomic mass is 9.91. The molecule has 2 N–H and O–H groups in total. The number of nitrogens with two attached hydrogens (primary N) is 1. The maximum atomic E-state index is 5.94. The van der Waals surface area contributed by atoms with Crippen molar-refractivity contribution >= 4 is 23.4 Å². The highest BCUT2D eigenvalue weighted by Gasteiger charge is 2.23. The van der Waals surface area contributed by atoms with Gasteiger partial charge in [-0.1, -0.05) is 43.5 Å². The van der Waals surface area contributed by atoms with Gasteiger partial charge in [0.1, 0.15) is 0 Å². The normalized spacial score (nSPS) is 25.9. The van der Waals surface area contributed by atoms with Crippen LogP contribution in [0.5, 0.6) is 0 Å². The van der Waals surface area contributed by atoms with Crippen LogP contribution in [0, 0.1) is 5.92 Å². The summed E-state index contributed by atoms with van der Waals surface area (Å²) in [4.78, 5) is 0. The van der Waals surface area contributed by atoms with Gasteiger partial charge in [-0.05, 0) is 36.5 Å². The van der Waals surface area contributed by atoms with Crippen molar-refractivity contribution in [2.45, 2.75) is 43.1 Å². The summed E-state index contributed by atoms with van der Waals surface area (Å²) in [6.07, 6.45) is 5.45. The van der Waals surface area contributed by atoms with E-state index in [1.54, 1.807) is 0 Å². The van der Waals surface area contributed by atoms with Gasteiger partial charge < -0.3 is 5.73 Å². The van der Waals surface area contributed by atoms with Crippen molar-refractivity contribution < 1.29 is 0 Å². The van der Waals surface area contributed by atoms with Gasteiger partial charge in [0.05, 0.1) is 0 Å². The van der Waals surface area contributed by atoms with Crippen molar-refractivity contribution in [1.82, 2.24) is 0 Å². The molecule has 0 heterocycles. The number of thioether (sulfide) groups is 1. The predicted octanol–water partition coefficient (Wildman–Crippen LogP) is 4.65. The predicted molar refractivity (Wildman–Crippen MR) is 82.3 cm³/mol. The minimum atomic E-state index is 0.414. The molecule has 18 heavy (non-hydrogen) atoms. The minimum Gasteiger partial charge on any atom is -0.329 e. The Hall–Kier alpha value is -0.180. The van der Waals surface area contributed by atoms with E-state index in [4.69, 9.17) is 17.3 Å². The molecule has 0 radical (unpaired) electrons. The van der Waals surface area contributed by atoms with E-state index in [1.165, 1.54) is 31.2 Å². The van der Waals surface area contributed by atoms with Crippen LogP contribution >= 0.6 is 23.4 Å². The van der Waals surface area contributed by atoms with E-state index in [0.717, 1.165) is 16.2 Å². The van der Waals surface area contributed by atoms with E-state index in [-0.39, 0.29) is 0 Å². The molecule has 100 valence electrons. The van der Waals surface area contributed by atoms with Crippen molar-refractivity contribution in [2.24, 2.45) is 11.7 Å². The van der Waals surface area contributed by atoms with E-state index >= 15 is 0 Å². The van der Waals surface area contributed by atoms with Crippen LogP contribution in [-0.2, 0) is 0 Å². The number of hydrogen-bond acceptors (Lipinski definition) is 2. The second-order valence-electron chi connectivity index (χ2n) is 5.31. The summed E-state index contributed by atoms with van der Waals surface area (Å²) in [5.74, 6) is 0.875. The van der Waals surface area contributed by atoms with Gasteiger partial charge in [0.25, 0.3) is 0 Å². The zero-order chi connectivity index (χ0) is 13.0. The zero-order valence-corrected chi connectivity index (χ0v) is 12.5. The third kappa shape index (κ3) is 3.91. The molecule has 1 aliphatic rings. The fourth-order valence-electron chi connectivity index (χ4n) is 2.68. The van der Waals surface area contributed by atoms with Crippen molar-refractivity contribution in [3.8, 4) is 0 Å². The smallest absolute Gasteiger partial charge is 0.0422 e. The third-order valence-corrected chi connectivity index (χ3v) is 5.56. The first-order valence-corrected chi connectivity index (χ1v) is 8.12. The monoisotopic (exact) mass is 283 g/mol. The lowest BCUT2D eigenvalue weighted by Crippen LogP contribution is -2.19. The van der Waals surface area contributed by atoms with Crippen LogP contribution in [0.2, 0.25) is 5.02 Å². The quantitative estimate of drug-likeness (QED) is 0.870. The summed E-state index contributed by atoms with van der Waals surface area (Å²) >= 11 is 7.99. The van der Waals surface area contributed by atoms with Crippen molar-refractivity contribution in [3.05, 3.63) is 34.9 Å². The third-order valence-electron chi connectivity index (χ3n) is 3.70. The second kappa shape index (κ2) is 6.83. The molecule has 1 aliphatic carbocycles. The van der Waals surface area contributed by atoms with Gasteiger partial charge in [-0.2, -0.15) is 0 Å². The van der Waals surface area contributed by atoms with Crippen LogP contribution in [0.15, 0.2) is 24.3 Å². The topological polar surface area (TPSA) is 26.0 Å². The Morgan fingerprint density at radius 3 is 2.67 bits per heavy atom. The Bertz CT molecular complexity index is 365. The fourth-order valence-corrected chi connectivity index (χ4v) is 4.44.